The van der Waals surface area contributed by atoms with Gasteiger partial charge >= 0.3 is 0 Å². The van der Waals surface area contributed by atoms with E-state index in [1.165, 1.54) is 12.8 Å². The van der Waals surface area contributed by atoms with Gasteiger partial charge in [0.25, 0.3) is 0 Å². The third-order valence-electron chi connectivity index (χ3n) is 3.41. The second kappa shape index (κ2) is 5.79. The Morgan fingerprint density at radius 1 is 1.32 bits per heavy atom. The van der Waals surface area contributed by atoms with Crippen molar-refractivity contribution < 1.29 is 4.52 Å². The molecule has 100 valence electrons. The standard InChI is InChI=1S/C13H15BrN4O/c14-10-7-15-13(16-8-10)12-3-1-2-5-18(12)9-11-4-6-19-17-11/h4,6-8,12H,1-3,5,9H2. The predicted octanol–water partition coefficient (Wildman–Crippen LogP) is 2.95. The van der Waals surface area contributed by atoms with Crippen LogP contribution in [0.5, 0.6) is 0 Å². The summed E-state index contributed by atoms with van der Waals surface area (Å²) in [5.41, 5.74) is 0.962. The maximum absolute atomic E-state index is 4.90. The van der Waals surface area contributed by atoms with Gasteiger partial charge in [-0.05, 0) is 35.3 Å². The molecule has 0 radical (unpaired) electrons. The molecular weight excluding hydrogens is 308 g/mol. The number of hydrogen-bond donors (Lipinski definition) is 0. The molecule has 5 nitrogen and oxygen atoms in total. The highest BCUT2D eigenvalue weighted by atomic mass is 79.9. The van der Waals surface area contributed by atoms with Gasteiger partial charge < -0.3 is 4.52 Å². The molecule has 0 aliphatic carbocycles. The number of likely N-dealkylation sites (tertiary alicyclic amines) is 1. The zero-order valence-corrected chi connectivity index (χ0v) is 12.1. The molecule has 0 N–H and O–H groups in total. The maximum atomic E-state index is 4.90. The van der Waals surface area contributed by atoms with Gasteiger partial charge in [-0.15, -0.1) is 0 Å². The van der Waals surface area contributed by atoms with Crippen molar-refractivity contribution in [2.24, 2.45) is 0 Å². The summed E-state index contributed by atoms with van der Waals surface area (Å²) in [5, 5.41) is 3.99. The summed E-state index contributed by atoms with van der Waals surface area (Å²) in [6, 6.07) is 2.19. The van der Waals surface area contributed by atoms with Crippen molar-refractivity contribution in [2.75, 3.05) is 6.54 Å². The first-order valence-corrected chi connectivity index (χ1v) is 7.23. The lowest BCUT2D eigenvalue weighted by Gasteiger charge is -2.33. The average molecular weight is 323 g/mol. The number of halogens is 1. The van der Waals surface area contributed by atoms with Crippen LogP contribution in [0.3, 0.4) is 0 Å². The topological polar surface area (TPSA) is 55.1 Å². The fourth-order valence-corrected chi connectivity index (χ4v) is 2.70. The number of piperidine rings is 1. The Morgan fingerprint density at radius 3 is 2.89 bits per heavy atom. The fraction of sp³-hybridized carbons (Fsp3) is 0.462. The van der Waals surface area contributed by atoms with E-state index >= 15 is 0 Å². The Morgan fingerprint density at radius 2 is 2.16 bits per heavy atom. The van der Waals surface area contributed by atoms with Gasteiger partial charge in [0, 0.05) is 25.0 Å². The van der Waals surface area contributed by atoms with Gasteiger partial charge in [-0.3, -0.25) is 4.90 Å². The van der Waals surface area contributed by atoms with Crippen LogP contribution in [0.25, 0.3) is 0 Å². The molecule has 1 aliphatic rings. The molecule has 19 heavy (non-hydrogen) atoms. The molecule has 0 spiro atoms. The molecule has 1 aliphatic heterocycles. The van der Waals surface area contributed by atoms with Gasteiger partial charge in [0.2, 0.25) is 0 Å². The number of hydrogen-bond acceptors (Lipinski definition) is 5. The molecule has 6 heteroatoms. The summed E-state index contributed by atoms with van der Waals surface area (Å²) in [6.07, 6.45) is 8.77. The molecule has 0 amide bonds. The minimum Gasteiger partial charge on any atom is -0.364 e. The van der Waals surface area contributed by atoms with Gasteiger partial charge in [-0.1, -0.05) is 11.6 Å². The van der Waals surface area contributed by atoms with Crippen LogP contribution in [-0.2, 0) is 6.54 Å². The Hall–Kier alpha value is -1.27. The minimum atomic E-state index is 0.276. The zero-order valence-electron chi connectivity index (χ0n) is 10.5. The number of aromatic nitrogens is 3. The van der Waals surface area contributed by atoms with Crippen LogP contribution in [0.4, 0.5) is 0 Å². The average Bonchev–Trinajstić information content (AvgIpc) is 2.93. The second-order valence-corrected chi connectivity index (χ2v) is 5.65. The summed E-state index contributed by atoms with van der Waals surface area (Å²) in [6.45, 7) is 1.84. The van der Waals surface area contributed by atoms with E-state index in [-0.39, 0.29) is 6.04 Å². The van der Waals surface area contributed by atoms with Crippen LogP contribution in [-0.4, -0.2) is 26.6 Å². The zero-order chi connectivity index (χ0) is 13.1. The summed E-state index contributed by atoms with van der Waals surface area (Å²) in [7, 11) is 0. The molecule has 1 unspecified atom stereocenters. The highest BCUT2D eigenvalue weighted by Gasteiger charge is 2.26. The lowest BCUT2D eigenvalue weighted by Crippen LogP contribution is -2.34. The first kappa shape index (κ1) is 12.7. The van der Waals surface area contributed by atoms with Crippen molar-refractivity contribution in [1.82, 2.24) is 20.0 Å². The molecule has 1 atom stereocenters. The molecule has 2 aromatic heterocycles. The molecule has 0 saturated carbocycles. The molecule has 0 bridgehead atoms. The van der Waals surface area contributed by atoms with E-state index in [4.69, 9.17) is 4.52 Å². The van der Waals surface area contributed by atoms with E-state index in [1.54, 1.807) is 6.26 Å². The molecule has 1 saturated heterocycles. The van der Waals surface area contributed by atoms with Crippen LogP contribution >= 0.6 is 15.9 Å². The van der Waals surface area contributed by atoms with E-state index in [0.29, 0.717) is 0 Å². The summed E-state index contributed by atoms with van der Waals surface area (Å²) < 4.78 is 5.81. The third-order valence-corrected chi connectivity index (χ3v) is 3.82. The first-order valence-electron chi connectivity index (χ1n) is 6.43. The number of nitrogens with zero attached hydrogens (tertiary/aromatic N) is 4. The Balaban J connectivity index is 1.78. The predicted molar refractivity (Wildman–Crippen MR) is 73.2 cm³/mol. The second-order valence-electron chi connectivity index (χ2n) is 4.73. The lowest BCUT2D eigenvalue weighted by molar-refractivity contribution is 0.130. The van der Waals surface area contributed by atoms with Crippen LogP contribution in [0.15, 0.2) is 33.7 Å². The van der Waals surface area contributed by atoms with E-state index in [9.17, 15) is 0 Å². The van der Waals surface area contributed by atoms with Crippen molar-refractivity contribution in [3.63, 3.8) is 0 Å². The van der Waals surface area contributed by atoms with Gasteiger partial charge in [-0.25, -0.2) is 9.97 Å². The summed E-state index contributed by atoms with van der Waals surface area (Å²) in [4.78, 5) is 11.3. The van der Waals surface area contributed by atoms with E-state index in [2.05, 4.69) is 36.0 Å². The smallest absolute Gasteiger partial charge is 0.145 e. The van der Waals surface area contributed by atoms with Crippen molar-refractivity contribution in [1.29, 1.82) is 0 Å². The van der Waals surface area contributed by atoms with Crippen LogP contribution in [0.1, 0.15) is 36.8 Å². The molecule has 3 heterocycles. The summed E-state index contributed by atoms with van der Waals surface area (Å²) >= 11 is 3.37. The van der Waals surface area contributed by atoms with Crippen LogP contribution < -0.4 is 0 Å². The molecule has 0 aromatic carbocycles. The van der Waals surface area contributed by atoms with Gasteiger partial charge in [0.05, 0.1) is 16.2 Å². The minimum absolute atomic E-state index is 0.276. The highest BCUT2D eigenvalue weighted by molar-refractivity contribution is 9.10. The normalized spacial score (nSPS) is 20.6. The SMILES string of the molecule is Brc1cnc(C2CCCCN2Cc2ccon2)nc1. The monoisotopic (exact) mass is 322 g/mol. The fourth-order valence-electron chi connectivity index (χ4n) is 2.49. The number of rotatable bonds is 3. The largest absolute Gasteiger partial charge is 0.364 e. The van der Waals surface area contributed by atoms with Crippen LogP contribution in [0, 0.1) is 0 Å². The van der Waals surface area contributed by atoms with Gasteiger partial charge in [-0.2, -0.15) is 0 Å². The molecular formula is C13H15BrN4O. The van der Waals surface area contributed by atoms with Crippen molar-refractivity contribution in [3.8, 4) is 0 Å². The Bertz CT molecular complexity index is 514. The molecule has 1 fully saturated rings. The van der Waals surface area contributed by atoms with E-state index in [1.807, 2.05) is 18.5 Å². The first-order chi connectivity index (χ1) is 9.33. The summed E-state index contributed by atoms with van der Waals surface area (Å²) in [5.74, 6) is 0.895. The van der Waals surface area contributed by atoms with Gasteiger partial charge in [0.15, 0.2) is 0 Å². The quantitative estimate of drug-likeness (QED) is 0.869. The van der Waals surface area contributed by atoms with E-state index in [0.717, 1.165) is 35.5 Å². The van der Waals surface area contributed by atoms with E-state index < -0.39 is 0 Å². The highest BCUT2D eigenvalue weighted by Crippen LogP contribution is 2.30. The maximum Gasteiger partial charge on any atom is 0.145 e. The lowest BCUT2D eigenvalue weighted by atomic mass is 10.0. The van der Waals surface area contributed by atoms with Crippen molar-refractivity contribution in [2.45, 2.75) is 31.8 Å². The third kappa shape index (κ3) is 3.01. The molecule has 2 aromatic rings. The van der Waals surface area contributed by atoms with Gasteiger partial charge in [0.1, 0.15) is 12.1 Å². The van der Waals surface area contributed by atoms with Crippen molar-refractivity contribution >= 4 is 15.9 Å². The molecule has 3 rings (SSSR count). The Kier molecular flexibility index (Phi) is 3.89. The van der Waals surface area contributed by atoms with Crippen LogP contribution in [0.2, 0.25) is 0 Å². The Labute approximate surface area is 120 Å². The van der Waals surface area contributed by atoms with Crippen molar-refractivity contribution in [3.05, 3.63) is 40.7 Å².